The first-order valence-electron chi connectivity index (χ1n) is 11.1. The molecule has 4 aromatic rings. The van der Waals surface area contributed by atoms with Gasteiger partial charge in [0.1, 0.15) is 12.3 Å². The molecule has 0 atom stereocenters. The van der Waals surface area contributed by atoms with Crippen LogP contribution in [0.15, 0.2) is 77.9 Å². The maximum absolute atomic E-state index is 12.5. The van der Waals surface area contributed by atoms with Gasteiger partial charge in [-0.2, -0.15) is 10.2 Å². The molecule has 36 heavy (non-hydrogen) atoms. The molecule has 0 bridgehead atoms. The van der Waals surface area contributed by atoms with Crippen molar-refractivity contribution >= 4 is 12.1 Å². The van der Waals surface area contributed by atoms with E-state index in [9.17, 15) is 4.79 Å². The van der Waals surface area contributed by atoms with E-state index in [1.54, 1.807) is 51.7 Å². The Bertz CT molecular complexity index is 1350. The van der Waals surface area contributed by atoms with Crippen LogP contribution in [0.2, 0.25) is 0 Å². The summed E-state index contributed by atoms with van der Waals surface area (Å²) in [6, 6.07) is 22.3. The zero-order valence-electron chi connectivity index (χ0n) is 20.1. The molecule has 0 unspecified atom stereocenters. The van der Waals surface area contributed by atoms with Crippen molar-refractivity contribution < 1.29 is 23.7 Å². The monoisotopic (exact) mass is 486 g/mol. The maximum Gasteiger partial charge on any atom is 0.289 e. The number of nitrogens with one attached hydrogen (secondary N) is 2. The van der Waals surface area contributed by atoms with Crippen molar-refractivity contribution in [2.75, 3.05) is 21.3 Å². The van der Waals surface area contributed by atoms with Crippen LogP contribution < -0.4 is 24.4 Å². The van der Waals surface area contributed by atoms with Gasteiger partial charge in [0, 0.05) is 5.56 Å². The van der Waals surface area contributed by atoms with Crippen molar-refractivity contribution in [2.45, 2.75) is 6.61 Å². The molecular formula is C27H26N4O5. The second kappa shape index (κ2) is 11.6. The molecule has 1 heterocycles. The molecule has 184 valence electrons. The molecule has 9 heteroatoms. The second-order valence-corrected chi connectivity index (χ2v) is 7.62. The number of aromatic nitrogens is 2. The molecule has 0 fully saturated rings. The van der Waals surface area contributed by atoms with Gasteiger partial charge in [0.25, 0.3) is 5.91 Å². The quantitative estimate of drug-likeness (QED) is 0.253. The van der Waals surface area contributed by atoms with Crippen LogP contribution in [-0.2, 0) is 6.61 Å². The average Bonchev–Trinajstić information content (AvgIpc) is 3.43. The largest absolute Gasteiger partial charge is 0.493 e. The molecule has 0 spiro atoms. The van der Waals surface area contributed by atoms with E-state index >= 15 is 0 Å². The zero-order valence-corrected chi connectivity index (χ0v) is 20.1. The number of aromatic amines is 1. The molecule has 9 nitrogen and oxygen atoms in total. The van der Waals surface area contributed by atoms with Gasteiger partial charge in [-0.05, 0) is 53.6 Å². The number of hydrazone groups is 1. The van der Waals surface area contributed by atoms with Crippen molar-refractivity contribution in [3.63, 3.8) is 0 Å². The summed E-state index contributed by atoms with van der Waals surface area (Å²) in [6.45, 7) is 0.427. The Morgan fingerprint density at radius 1 is 0.889 bits per heavy atom. The predicted octanol–water partition coefficient (Wildman–Crippen LogP) is 4.45. The summed E-state index contributed by atoms with van der Waals surface area (Å²) in [5.74, 6) is 1.93. The third-order valence-corrected chi connectivity index (χ3v) is 5.31. The van der Waals surface area contributed by atoms with E-state index in [2.05, 4.69) is 20.7 Å². The van der Waals surface area contributed by atoms with Gasteiger partial charge in [-0.1, -0.05) is 30.3 Å². The lowest BCUT2D eigenvalue weighted by Crippen LogP contribution is -2.18. The number of methoxy groups -OCH3 is 3. The molecule has 4 rings (SSSR count). The third-order valence-electron chi connectivity index (χ3n) is 5.31. The highest BCUT2D eigenvalue weighted by Crippen LogP contribution is 2.32. The molecule has 1 aromatic heterocycles. The Hall–Kier alpha value is -4.79. The summed E-state index contributed by atoms with van der Waals surface area (Å²) in [5, 5.41) is 11.0. The van der Waals surface area contributed by atoms with E-state index in [-0.39, 0.29) is 5.69 Å². The van der Waals surface area contributed by atoms with Gasteiger partial charge in [-0.15, -0.1) is 0 Å². The zero-order chi connectivity index (χ0) is 25.3. The molecule has 1 amide bonds. The Morgan fingerprint density at radius 2 is 1.61 bits per heavy atom. The smallest absolute Gasteiger partial charge is 0.289 e. The van der Waals surface area contributed by atoms with Crippen molar-refractivity contribution in [3.05, 3.63) is 89.6 Å². The number of amides is 1. The van der Waals surface area contributed by atoms with Gasteiger partial charge in [0.15, 0.2) is 23.0 Å². The number of benzene rings is 3. The minimum atomic E-state index is -0.430. The third kappa shape index (κ3) is 5.82. The van der Waals surface area contributed by atoms with E-state index < -0.39 is 5.91 Å². The fourth-order valence-corrected chi connectivity index (χ4v) is 3.43. The van der Waals surface area contributed by atoms with Gasteiger partial charge in [0.05, 0.1) is 33.2 Å². The number of hydrogen-bond acceptors (Lipinski definition) is 7. The van der Waals surface area contributed by atoms with E-state index in [1.165, 1.54) is 6.21 Å². The first-order valence-corrected chi connectivity index (χ1v) is 11.1. The van der Waals surface area contributed by atoms with Gasteiger partial charge < -0.3 is 18.9 Å². The van der Waals surface area contributed by atoms with E-state index in [1.807, 2.05) is 42.5 Å². The summed E-state index contributed by atoms with van der Waals surface area (Å²) in [4.78, 5) is 12.5. The fraction of sp³-hybridized carbons (Fsp3) is 0.148. The Morgan fingerprint density at radius 3 is 2.36 bits per heavy atom. The highest BCUT2D eigenvalue weighted by atomic mass is 16.5. The average molecular weight is 487 g/mol. The minimum absolute atomic E-state index is 0.263. The fourth-order valence-electron chi connectivity index (χ4n) is 3.43. The highest BCUT2D eigenvalue weighted by molar-refractivity contribution is 5.94. The summed E-state index contributed by atoms with van der Waals surface area (Å²) < 4.78 is 21.9. The Labute approximate surface area is 208 Å². The standard InChI is InChI=1S/C27H26N4O5/c1-33-23-12-10-20(14-26(23)35-3)21-15-22(30-29-21)27(32)31-28-16-19-9-11-24(25(13-19)34-2)36-17-18-7-5-4-6-8-18/h4-16H,17H2,1-3H3,(H,29,30)(H,31,32). The van der Waals surface area contributed by atoms with Crippen molar-refractivity contribution in [1.82, 2.24) is 15.6 Å². The molecule has 0 saturated carbocycles. The molecule has 0 radical (unpaired) electrons. The van der Waals surface area contributed by atoms with Gasteiger partial charge in [-0.25, -0.2) is 5.43 Å². The summed E-state index contributed by atoms with van der Waals surface area (Å²) in [7, 11) is 4.70. The van der Waals surface area contributed by atoms with Crippen LogP contribution in [0.5, 0.6) is 23.0 Å². The topological polar surface area (TPSA) is 107 Å². The molecule has 0 aliphatic heterocycles. The first-order chi connectivity index (χ1) is 17.6. The Kier molecular flexibility index (Phi) is 7.82. The molecule has 0 saturated heterocycles. The SMILES string of the molecule is COc1ccc(-c2cc(C(=O)NN=Cc3ccc(OCc4ccccc4)c(OC)c3)[nH]n2)cc1OC. The first kappa shape index (κ1) is 24.3. The van der Waals surface area contributed by atoms with Crippen LogP contribution in [0.4, 0.5) is 0 Å². The summed E-state index contributed by atoms with van der Waals surface area (Å²) in [6.07, 6.45) is 1.52. The summed E-state index contributed by atoms with van der Waals surface area (Å²) in [5.41, 5.74) is 5.90. The number of H-pyrrole nitrogens is 1. The maximum atomic E-state index is 12.5. The van der Waals surface area contributed by atoms with Crippen LogP contribution in [-0.4, -0.2) is 43.6 Å². The minimum Gasteiger partial charge on any atom is -0.493 e. The molecule has 2 N–H and O–H groups in total. The van der Waals surface area contributed by atoms with Crippen molar-refractivity contribution in [1.29, 1.82) is 0 Å². The number of carbonyl (C=O) groups is 1. The Balaban J connectivity index is 1.38. The van der Waals surface area contributed by atoms with Gasteiger partial charge in [-0.3, -0.25) is 9.89 Å². The second-order valence-electron chi connectivity index (χ2n) is 7.62. The van der Waals surface area contributed by atoms with Crippen molar-refractivity contribution in [2.24, 2.45) is 5.10 Å². The van der Waals surface area contributed by atoms with Crippen LogP contribution in [0.1, 0.15) is 21.6 Å². The highest BCUT2D eigenvalue weighted by Gasteiger charge is 2.13. The predicted molar refractivity (Wildman–Crippen MR) is 136 cm³/mol. The molecule has 3 aromatic carbocycles. The number of rotatable bonds is 10. The number of nitrogens with zero attached hydrogens (tertiary/aromatic N) is 2. The van der Waals surface area contributed by atoms with Crippen LogP contribution in [0.3, 0.4) is 0 Å². The van der Waals surface area contributed by atoms with E-state index in [0.717, 1.165) is 16.7 Å². The van der Waals surface area contributed by atoms with Gasteiger partial charge >= 0.3 is 0 Å². The van der Waals surface area contributed by atoms with E-state index in [4.69, 9.17) is 18.9 Å². The summed E-state index contributed by atoms with van der Waals surface area (Å²) >= 11 is 0. The lowest BCUT2D eigenvalue weighted by Gasteiger charge is -2.11. The number of carbonyl (C=O) groups excluding carboxylic acids is 1. The number of hydrogen-bond donors (Lipinski definition) is 2. The van der Waals surface area contributed by atoms with Crippen LogP contribution in [0, 0.1) is 0 Å². The van der Waals surface area contributed by atoms with Crippen LogP contribution in [0.25, 0.3) is 11.3 Å². The lowest BCUT2D eigenvalue weighted by atomic mass is 10.1. The molecular weight excluding hydrogens is 460 g/mol. The molecule has 0 aliphatic rings. The normalized spacial score (nSPS) is 10.8. The number of ether oxygens (including phenoxy) is 4. The van der Waals surface area contributed by atoms with Crippen LogP contribution >= 0.6 is 0 Å². The molecule has 0 aliphatic carbocycles. The van der Waals surface area contributed by atoms with E-state index in [0.29, 0.717) is 35.3 Å². The lowest BCUT2D eigenvalue weighted by molar-refractivity contribution is 0.0950. The van der Waals surface area contributed by atoms with Gasteiger partial charge in [0.2, 0.25) is 0 Å². The van der Waals surface area contributed by atoms with Crippen molar-refractivity contribution in [3.8, 4) is 34.3 Å².